The molecule has 0 saturated carbocycles. The molecule has 0 bridgehead atoms. The first-order valence-corrected chi connectivity index (χ1v) is 8.73. The van der Waals surface area contributed by atoms with Gasteiger partial charge in [-0.2, -0.15) is 5.26 Å². The SMILES string of the molecule is CCCCc1ccc(NC(=O)/C(C#N)=C\Nc2ccc(N)cc2Cl)cc1. The van der Waals surface area contributed by atoms with Gasteiger partial charge in [-0.1, -0.05) is 37.1 Å². The van der Waals surface area contributed by atoms with E-state index in [0.29, 0.717) is 22.1 Å². The van der Waals surface area contributed by atoms with E-state index >= 15 is 0 Å². The number of nitriles is 1. The number of carbonyl (C=O) groups excluding carboxylic acids is 1. The summed E-state index contributed by atoms with van der Waals surface area (Å²) >= 11 is 6.06. The number of hydrogen-bond acceptors (Lipinski definition) is 4. The van der Waals surface area contributed by atoms with Crippen LogP contribution in [0.4, 0.5) is 17.1 Å². The van der Waals surface area contributed by atoms with E-state index < -0.39 is 5.91 Å². The molecule has 6 heteroatoms. The molecule has 0 fully saturated rings. The van der Waals surface area contributed by atoms with Crippen LogP contribution in [0.3, 0.4) is 0 Å². The van der Waals surface area contributed by atoms with E-state index in [1.807, 2.05) is 30.3 Å². The highest BCUT2D eigenvalue weighted by Crippen LogP contribution is 2.24. The monoisotopic (exact) mass is 368 g/mol. The number of aryl methyl sites for hydroxylation is 1. The van der Waals surface area contributed by atoms with Crippen molar-refractivity contribution in [1.82, 2.24) is 0 Å². The van der Waals surface area contributed by atoms with E-state index in [-0.39, 0.29) is 5.57 Å². The van der Waals surface area contributed by atoms with Gasteiger partial charge in [-0.05, 0) is 48.7 Å². The Labute approximate surface area is 158 Å². The van der Waals surface area contributed by atoms with Crippen molar-refractivity contribution in [3.05, 3.63) is 64.8 Å². The molecular weight excluding hydrogens is 348 g/mol. The number of nitrogens with two attached hydrogens (primary N) is 1. The molecule has 0 heterocycles. The Balaban J connectivity index is 2.02. The standard InChI is InChI=1S/C20H21ClN4O/c1-2-3-4-14-5-8-17(9-6-14)25-20(26)15(12-22)13-24-19-10-7-16(23)11-18(19)21/h5-11,13,24H,2-4,23H2,1H3,(H,25,26)/b15-13-. The molecule has 0 saturated heterocycles. The largest absolute Gasteiger partial charge is 0.399 e. The molecule has 1 amide bonds. The van der Waals surface area contributed by atoms with E-state index in [0.717, 1.165) is 19.3 Å². The molecule has 0 spiro atoms. The summed E-state index contributed by atoms with van der Waals surface area (Å²) in [6, 6.07) is 14.5. The van der Waals surface area contributed by atoms with Gasteiger partial charge in [0.1, 0.15) is 11.6 Å². The van der Waals surface area contributed by atoms with Crippen LogP contribution >= 0.6 is 11.6 Å². The van der Waals surface area contributed by atoms with Crippen LogP contribution in [-0.2, 0) is 11.2 Å². The van der Waals surface area contributed by atoms with Crippen LogP contribution in [0.2, 0.25) is 5.02 Å². The summed E-state index contributed by atoms with van der Waals surface area (Å²) in [5, 5.41) is 15.2. The Hall–Kier alpha value is -2.97. The normalized spacial score (nSPS) is 10.9. The van der Waals surface area contributed by atoms with Crippen LogP contribution < -0.4 is 16.4 Å². The van der Waals surface area contributed by atoms with Crippen LogP contribution in [0.1, 0.15) is 25.3 Å². The Kier molecular flexibility index (Phi) is 7.07. The van der Waals surface area contributed by atoms with Gasteiger partial charge in [0.15, 0.2) is 0 Å². The van der Waals surface area contributed by atoms with Crippen molar-refractivity contribution in [1.29, 1.82) is 5.26 Å². The van der Waals surface area contributed by atoms with E-state index in [4.69, 9.17) is 17.3 Å². The Morgan fingerprint density at radius 3 is 2.62 bits per heavy atom. The Morgan fingerprint density at radius 1 is 1.27 bits per heavy atom. The number of carbonyl (C=O) groups is 1. The second-order valence-electron chi connectivity index (χ2n) is 5.81. The molecule has 2 rings (SSSR count). The fourth-order valence-corrected chi connectivity index (χ4v) is 2.52. The summed E-state index contributed by atoms with van der Waals surface area (Å²) in [7, 11) is 0. The second-order valence-corrected chi connectivity index (χ2v) is 6.22. The van der Waals surface area contributed by atoms with E-state index in [1.165, 1.54) is 11.8 Å². The number of hydrogen-bond donors (Lipinski definition) is 3. The van der Waals surface area contributed by atoms with Crippen molar-refractivity contribution in [2.24, 2.45) is 0 Å². The maximum atomic E-state index is 12.3. The first-order valence-electron chi connectivity index (χ1n) is 8.35. The van der Waals surface area contributed by atoms with Crippen LogP contribution in [0, 0.1) is 11.3 Å². The molecule has 2 aromatic rings. The molecule has 5 nitrogen and oxygen atoms in total. The van der Waals surface area contributed by atoms with E-state index in [1.54, 1.807) is 18.2 Å². The quantitative estimate of drug-likeness (QED) is 0.374. The van der Waals surface area contributed by atoms with Gasteiger partial charge >= 0.3 is 0 Å². The first kappa shape index (κ1) is 19.4. The van der Waals surface area contributed by atoms with Gasteiger partial charge in [-0.3, -0.25) is 4.79 Å². The van der Waals surface area contributed by atoms with Crippen LogP contribution in [0.25, 0.3) is 0 Å². The molecule has 0 unspecified atom stereocenters. The van der Waals surface area contributed by atoms with Gasteiger partial charge in [-0.15, -0.1) is 0 Å². The number of nitrogens with one attached hydrogen (secondary N) is 2. The third-order valence-corrected chi connectivity index (χ3v) is 4.07. The number of unbranched alkanes of at least 4 members (excludes halogenated alkanes) is 1. The topological polar surface area (TPSA) is 90.9 Å². The zero-order valence-corrected chi connectivity index (χ0v) is 15.3. The highest BCUT2D eigenvalue weighted by molar-refractivity contribution is 6.33. The summed E-state index contributed by atoms with van der Waals surface area (Å²) < 4.78 is 0. The molecule has 26 heavy (non-hydrogen) atoms. The minimum absolute atomic E-state index is 0.0621. The Bertz CT molecular complexity index is 838. The number of benzene rings is 2. The van der Waals surface area contributed by atoms with Gasteiger partial charge in [-0.25, -0.2) is 0 Å². The lowest BCUT2D eigenvalue weighted by Gasteiger charge is -2.07. The van der Waals surface area contributed by atoms with Crippen LogP contribution in [0.15, 0.2) is 54.2 Å². The molecule has 0 aliphatic rings. The maximum Gasteiger partial charge on any atom is 0.267 e. The van der Waals surface area contributed by atoms with Gasteiger partial charge < -0.3 is 16.4 Å². The van der Waals surface area contributed by atoms with E-state index in [2.05, 4.69) is 17.6 Å². The minimum Gasteiger partial charge on any atom is -0.399 e. The average molecular weight is 369 g/mol. The molecule has 0 atom stereocenters. The van der Waals surface area contributed by atoms with Crippen molar-refractivity contribution in [3.63, 3.8) is 0 Å². The molecule has 2 aromatic carbocycles. The number of nitrogen functional groups attached to an aromatic ring is 1. The fraction of sp³-hybridized carbons (Fsp3) is 0.200. The zero-order valence-electron chi connectivity index (χ0n) is 14.6. The summed E-state index contributed by atoms with van der Waals surface area (Å²) in [5.41, 5.74) is 8.53. The second kappa shape index (κ2) is 9.50. The van der Waals surface area contributed by atoms with Crippen LogP contribution in [-0.4, -0.2) is 5.91 Å². The van der Waals surface area contributed by atoms with Gasteiger partial charge in [0, 0.05) is 17.6 Å². The van der Waals surface area contributed by atoms with Crippen LogP contribution in [0.5, 0.6) is 0 Å². The molecule has 0 aromatic heterocycles. The summed E-state index contributed by atoms with van der Waals surface area (Å²) in [6.45, 7) is 2.15. The predicted octanol–water partition coefficient (Wildman–Crippen LogP) is 4.72. The Morgan fingerprint density at radius 2 is 2.00 bits per heavy atom. The minimum atomic E-state index is -0.493. The molecule has 134 valence electrons. The van der Waals surface area contributed by atoms with Crippen molar-refractivity contribution in [2.75, 3.05) is 16.4 Å². The third kappa shape index (κ3) is 5.54. The predicted molar refractivity (Wildman–Crippen MR) is 107 cm³/mol. The number of anilines is 3. The molecular formula is C20H21ClN4O. The average Bonchev–Trinajstić information content (AvgIpc) is 2.63. The lowest BCUT2D eigenvalue weighted by atomic mass is 10.1. The zero-order chi connectivity index (χ0) is 18.9. The van der Waals surface area contributed by atoms with Crippen molar-refractivity contribution < 1.29 is 4.79 Å². The number of amides is 1. The number of nitrogens with zero attached hydrogens (tertiary/aromatic N) is 1. The lowest BCUT2D eigenvalue weighted by Crippen LogP contribution is -2.14. The summed E-state index contributed by atoms with van der Waals surface area (Å²) in [6.07, 6.45) is 4.61. The lowest BCUT2D eigenvalue weighted by molar-refractivity contribution is -0.112. The molecule has 4 N–H and O–H groups in total. The summed E-state index contributed by atoms with van der Waals surface area (Å²) in [5.74, 6) is -0.493. The van der Waals surface area contributed by atoms with Crippen molar-refractivity contribution in [2.45, 2.75) is 26.2 Å². The van der Waals surface area contributed by atoms with Gasteiger partial charge in [0.05, 0.1) is 10.7 Å². The highest BCUT2D eigenvalue weighted by atomic mass is 35.5. The van der Waals surface area contributed by atoms with Gasteiger partial charge in [0.2, 0.25) is 0 Å². The third-order valence-electron chi connectivity index (χ3n) is 3.76. The summed E-state index contributed by atoms with van der Waals surface area (Å²) in [4.78, 5) is 12.3. The molecule has 0 aliphatic heterocycles. The number of halogens is 1. The highest BCUT2D eigenvalue weighted by Gasteiger charge is 2.10. The maximum absolute atomic E-state index is 12.3. The molecule has 0 radical (unpaired) electrons. The van der Waals surface area contributed by atoms with Crippen molar-refractivity contribution >= 4 is 34.6 Å². The first-order chi connectivity index (χ1) is 12.5. The number of rotatable bonds is 7. The molecule has 0 aliphatic carbocycles. The van der Waals surface area contributed by atoms with Gasteiger partial charge in [0.25, 0.3) is 5.91 Å². The van der Waals surface area contributed by atoms with E-state index in [9.17, 15) is 10.1 Å². The van der Waals surface area contributed by atoms with Crippen molar-refractivity contribution in [3.8, 4) is 6.07 Å². The smallest absolute Gasteiger partial charge is 0.267 e. The fourth-order valence-electron chi connectivity index (χ4n) is 2.28.